The monoisotopic (exact) mass is 222 g/mol. The van der Waals surface area contributed by atoms with Crippen molar-refractivity contribution >= 4 is 21.0 Å². The van der Waals surface area contributed by atoms with E-state index in [9.17, 15) is 13.0 Å². The summed E-state index contributed by atoms with van der Waals surface area (Å²) in [6.45, 7) is 1.74. The highest BCUT2D eigenvalue weighted by atomic mass is 32.2. The summed E-state index contributed by atoms with van der Waals surface area (Å²) in [4.78, 5) is 3.80. The standard InChI is InChI=1S/C10H9NO3S/c1-7-5-6-8-3-2-4-9(10(8)11-7)15(12,13)14/h2-6H,1H3,(H,12,13,14)/p-1. The van der Waals surface area contributed by atoms with Crippen molar-refractivity contribution in [2.24, 2.45) is 0 Å². The molecule has 2 rings (SSSR count). The maximum Gasteiger partial charge on any atom is 0.126 e. The third-order valence-corrected chi connectivity index (χ3v) is 2.96. The van der Waals surface area contributed by atoms with Gasteiger partial charge in [-0.1, -0.05) is 18.2 Å². The van der Waals surface area contributed by atoms with E-state index in [1.807, 2.05) is 0 Å². The molecule has 1 aromatic carbocycles. The highest BCUT2D eigenvalue weighted by Gasteiger charge is 2.07. The normalized spacial score (nSPS) is 11.9. The SMILES string of the molecule is Cc1ccc2cccc(S(=O)(=O)[O-])c2n1. The number of fused-ring (bicyclic) bond motifs is 1. The average molecular weight is 222 g/mol. The van der Waals surface area contributed by atoms with Crippen molar-refractivity contribution in [3.63, 3.8) is 0 Å². The lowest BCUT2D eigenvalue weighted by Gasteiger charge is -2.09. The van der Waals surface area contributed by atoms with Gasteiger partial charge in [0.15, 0.2) is 0 Å². The van der Waals surface area contributed by atoms with Crippen LogP contribution in [0, 0.1) is 6.92 Å². The number of para-hydroxylation sites is 1. The molecule has 15 heavy (non-hydrogen) atoms. The van der Waals surface area contributed by atoms with Gasteiger partial charge >= 0.3 is 0 Å². The summed E-state index contributed by atoms with van der Waals surface area (Å²) in [6.07, 6.45) is 0. The van der Waals surface area contributed by atoms with Crippen LogP contribution in [-0.2, 0) is 10.1 Å². The minimum absolute atomic E-state index is 0.243. The molecule has 0 unspecified atom stereocenters. The van der Waals surface area contributed by atoms with Gasteiger partial charge in [-0.2, -0.15) is 0 Å². The number of hydrogen-bond donors (Lipinski definition) is 0. The van der Waals surface area contributed by atoms with Gasteiger partial charge in [-0.15, -0.1) is 0 Å². The van der Waals surface area contributed by atoms with Crippen LogP contribution in [-0.4, -0.2) is 18.0 Å². The van der Waals surface area contributed by atoms with Crippen LogP contribution < -0.4 is 0 Å². The zero-order chi connectivity index (χ0) is 11.1. The molecule has 0 bridgehead atoms. The Morgan fingerprint density at radius 3 is 2.60 bits per heavy atom. The Kier molecular flexibility index (Phi) is 2.21. The summed E-state index contributed by atoms with van der Waals surface area (Å²) in [5, 5.41) is 0.650. The van der Waals surface area contributed by atoms with Crippen molar-refractivity contribution in [2.75, 3.05) is 0 Å². The number of aryl methyl sites for hydroxylation is 1. The predicted molar refractivity (Wildman–Crippen MR) is 54.4 cm³/mol. The van der Waals surface area contributed by atoms with Crippen molar-refractivity contribution in [3.05, 3.63) is 36.0 Å². The minimum Gasteiger partial charge on any atom is -0.744 e. The van der Waals surface area contributed by atoms with E-state index in [4.69, 9.17) is 0 Å². The number of rotatable bonds is 1. The fourth-order valence-electron chi connectivity index (χ4n) is 1.42. The number of hydrogen-bond acceptors (Lipinski definition) is 4. The Labute approximate surface area is 87.3 Å². The molecule has 0 amide bonds. The lowest BCUT2D eigenvalue weighted by Crippen LogP contribution is -2.00. The molecule has 78 valence electrons. The molecule has 0 aliphatic rings. The fraction of sp³-hybridized carbons (Fsp3) is 0.100. The van der Waals surface area contributed by atoms with Crippen LogP contribution in [0.4, 0.5) is 0 Å². The molecular weight excluding hydrogens is 214 g/mol. The highest BCUT2D eigenvalue weighted by molar-refractivity contribution is 7.86. The molecule has 0 spiro atoms. The molecule has 0 saturated carbocycles. The maximum atomic E-state index is 11.0. The van der Waals surface area contributed by atoms with Crippen molar-refractivity contribution in [2.45, 2.75) is 11.8 Å². The van der Waals surface area contributed by atoms with Crippen LogP contribution in [0.3, 0.4) is 0 Å². The maximum absolute atomic E-state index is 11.0. The number of aromatic nitrogens is 1. The van der Waals surface area contributed by atoms with Crippen LogP contribution in [0.15, 0.2) is 35.2 Å². The van der Waals surface area contributed by atoms with E-state index in [2.05, 4.69) is 4.98 Å². The van der Waals surface area contributed by atoms with Crippen LogP contribution in [0.2, 0.25) is 0 Å². The van der Waals surface area contributed by atoms with E-state index in [-0.39, 0.29) is 10.4 Å². The van der Waals surface area contributed by atoms with Gasteiger partial charge in [0.2, 0.25) is 0 Å². The summed E-state index contributed by atoms with van der Waals surface area (Å²) in [5.74, 6) is 0. The lowest BCUT2D eigenvalue weighted by molar-refractivity contribution is 0.464. The molecule has 0 aliphatic heterocycles. The molecule has 5 heteroatoms. The Hall–Kier alpha value is -1.46. The minimum atomic E-state index is -4.46. The third kappa shape index (κ3) is 1.84. The Balaban J connectivity index is 2.92. The molecule has 0 N–H and O–H groups in total. The average Bonchev–Trinajstić information content (AvgIpc) is 2.15. The fourth-order valence-corrected chi connectivity index (χ4v) is 2.06. The Bertz CT molecular complexity index is 620. The van der Waals surface area contributed by atoms with E-state index in [0.717, 1.165) is 0 Å². The van der Waals surface area contributed by atoms with Gasteiger partial charge < -0.3 is 4.55 Å². The number of nitrogens with zero attached hydrogens (tertiary/aromatic N) is 1. The Morgan fingerprint density at radius 1 is 1.20 bits per heavy atom. The van der Waals surface area contributed by atoms with E-state index in [1.165, 1.54) is 12.1 Å². The van der Waals surface area contributed by atoms with E-state index < -0.39 is 10.1 Å². The van der Waals surface area contributed by atoms with Gasteiger partial charge in [0.1, 0.15) is 10.1 Å². The van der Waals surface area contributed by atoms with E-state index in [0.29, 0.717) is 11.1 Å². The lowest BCUT2D eigenvalue weighted by atomic mass is 10.2. The summed E-state index contributed by atoms with van der Waals surface area (Å²) in [5.41, 5.74) is 0.922. The van der Waals surface area contributed by atoms with Crippen LogP contribution in [0.25, 0.3) is 10.9 Å². The Morgan fingerprint density at radius 2 is 1.93 bits per heavy atom. The number of benzene rings is 1. The molecule has 0 saturated heterocycles. The van der Waals surface area contributed by atoms with Gasteiger partial charge in [0.05, 0.1) is 10.4 Å². The highest BCUT2D eigenvalue weighted by Crippen LogP contribution is 2.20. The largest absolute Gasteiger partial charge is 0.744 e. The van der Waals surface area contributed by atoms with E-state index >= 15 is 0 Å². The van der Waals surface area contributed by atoms with E-state index in [1.54, 1.807) is 25.1 Å². The molecule has 0 radical (unpaired) electrons. The quantitative estimate of drug-likeness (QED) is 0.684. The van der Waals surface area contributed by atoms with Gasteiger partial charge in [-0.25, -0.2) is 8.42 Å². The van der Waals surface area contributed by atoms with Crippen molar-refractivity contribution < 1.29 is 13.0 Å². The zero-order valence-corrected chi connectivity index (χ0v) is 8.78. The second-order valence-corrected chi connectivity index (χ2v) is 4.58. The molecular formula is C10H8NO3S-. The molecule has 0 atom stereocenters. The third-order valence-electron chi connectivity index (χ3n) is 2.09. The number of pyridine rings is 1. The van der Waals surface area contributed by atoms with Gasteiger partial charge in [-0.3, -0.25) is 4.98 Å². The first-order chi connectivity index (χ1) is 6.98. The van der Waals surface area contributed by atoms with Gasteiger partial charge in [0.25, 0.3) is 0 Å². The predicted octanol–water partition coefficient (Wildman–Crippen LogP) is 1.45. The first kappa shape index (κ1) is 10.1. The molecule has 0 fully saturated rings. The molecule has 4 nitrogen and oxygen atoms in total. The van der Waals surface area contributed by atoms with Crippen molar-refractivity contribution in [1.82, 2.24) is 4.98 Å². The van der Waals surface area contributed by atoms with Crippen molar-refractivity contribution in [1.29, 1.82) is 0 Å². The smallest absolute Gasteiger partial charge is 0.126 e. The zero-order valence-electron chi connectivity index (χ0n) is 7.97. The van der Waals surface area contributed by atoms with Crippen LogP contribution in [0.1, 0.15) is 5.69 Å². The van der Waals surface area contributed by atoms with Gasteiger partial charge in [-0.05, 0) is 19.1 Å². The second-order valence-electron chi connectivity index (χ2n) is 3.23. The molecule has 1 heterocycles. The van der Waals surface area contributed by atoms with Crippen LogP contribution in [0.5, 0.6) is 0 Å². The topological polar surface area (TPSA) is 70.1 Å². The summed E-state index contributed by atoms with van der Waals surface area (Å²) in [6, 6.07) is 8.04. The molecule has 2 aromatic rings. The summed E-state index contributed by atoms with van der Waals surface area (Å²) in [7, 11) is -4.46. The first-order valence-electron chi connectivity index (χ1n) is 4.31. The molecule has 1 aromatic heterocycles. The summed E-state index contributed by atoms with van der Waals surface area (Å²) >= 11 is 0. The van der Waals surface area contributed by atoms with Crippen molar-refractivity contribution in [3.8, 4) is 0 Å². The summed E-state index contributed by atoms with van der Waals surface area (Å²) < 4.78 is 32.9. The molecule has 0 aliphatic carbocycles. The van der Waals surface area contributed by atoms with Crippen LogP contribution >= 0.6 is 0 Å². The first-order valence-corrected chi connectivity index (χ1v) is 5.71. The second kappa shape index (κ2) is 3.29. The van der Waals surface area contributed by atoms with Gasteiger partial charge in [0, 0.05) is 11.1 Å².